The highest BCUT2D eigenvalue weighted by Crippen LogP contribution is 2.25. The number of nitrogens with two attached hydrogens (primary N) is 1. The number of hydrogen-bond acceptors (Lipinski definition) is 3. The molecule has 1 heterocycles. The Morgan fingerprint density at radius 3 is 2.62 bits per heavy atom. The molecule has 1 saturated heterocycles. The second kappa shape index (κ2) is 5.15. The first-order valence-corrected chi connectivity index (χ1v) is 6.11. The molecule has 0 unspecified atom stereocenters. The minimum Gasteiger partial charge on any atom is -0.354 e. The highest BCUT2D eigenvalue weighted by Gasteiger charge is 2.31. The van der Waals surface area contributed by atoms with Crippen LogP contribution in [0, 0.1) is 11.3 Å². The van der Waals surface area contributed by atoms with Crippen LogP contribution in [0.5, 0.6) is 0 Å². The number of carbonyl (C=O) groups is 1. The largest absolute Gasteiger partial charge is 0.354 e. The Balaban J connectivity index is 2.35. The molecule has 0 aromatic rings. The molecule has 1 amide bonds. The zero-order valence-electron chi connectivity index (χ0n) is 10.8. The number of amides is 1. The lowest BCUT2D eigenvalue weighted by Gasteiger charge is -2.28. The number of nitrogens with one attached hydrogen (secondary N) is 2. The fourth-order valence-corrected chi connectivity index (χ4v) is 1.71. The third kappa shape index (κ3) is 3.19. The van der Waals surface area contributed by atoms with E-state index in [1.54, 1.807) is 0 Å². The average molecular weight is 227 g/mol. The number of carbonyl (C=O) groups excluding carboxylic acids is 1. The van der Waals surface area contributed by atoms with Crippen LogP contribution >= 0.6 is 0 Å². The van der Waals surface area contributed by atoms with Crippen LogP contribution in [0.3, 0.4) is 0 Å². The molecular weight excluding hydrogens is 202 g/mol. The van der Waals surface area contributed by atoms with E-state index in [4.69, 9.17) is 5.73 Å². The number of rotatable bonds is 4. The van der Waals surface area contributed by atoms with Crippen molar-refractivity contribution in [3.05, 3.63) is 0 Å². The smallest absolute Gasteiger partial charge is 0.225 e. The van der Waals surface area contributed by atoms with E-state index in [1.807, 2.05) is 13.8 Å². The molecule has 0 bridgehead atoms. The minimum atomic E-state index is -0.305. The lowest BCUT2D eigenvalue weighted by Crippen LogP contribution is -2.45. The van der Waals surface area contributed by atoms with Gasteiger partial charge in [0.2, 0.25) is 5.91 Å². The first kappa shape index (κ1) is 13.5. The lowest BCUT2D eigenvalue weighted by molar-refractivity contribution is -0.131. The van der Waals surface area contributed by atoms with E-state index in [9.17, 15) is 4.79 Å². The molecule has 2 atom stereocenters. The summed E-state index contributed by atoms with van der Waals surface area (Å²) in [4.78, 5) is 12.0. The lowest BCUT2D eigenvalue weighted by atomic mass is 9.80. The molecule has 0 saturated carbocycles. The van der Waals surface area contributed by atoms with Gasteiger partial charge in [-0.25, -0.2) is 0 Å². The van der Waals surface area contributed by atoms with E-state index >= 15 is 0 Å². The molecule has 0 spiro atoms. The molecule has 4 N–H and O–H groups in total. The molecule has 94 valence electrons. The van der Waals surface area contributed by atoms with Gasteiger partial charge in [-0.3, -0.25) is 4.79 Å². The monoisotopic (exact) mass is 227 g/mol. The van der Waals surface area contributed by atoms with E-state index in [0.717, 1.165) is 13.0 Å². The molecule has 4 nitrogen and oxygen atoms in total. The van der Waals surface area contributed by atoms with Gasteiger partial charge in [-0.15, -0.1) is 0 Å². The van der Waals surface area contributed by atoms with Crippen LogP contribution in [-0.4, -0.2) is 31.1 Å². The van der Waals surface area contributed by atoms with Crippen LogP contribution in [0.15, 0.2) is 0 Å². The summed E-state index contributed by atoms with van der Waals surface area (Å²) in [5.41, 5.74) is 5.49. The fraction of sp³-hybridized carbons (Fsp3) is 0.917. The molecule has 1 rings (SSSR count). The zero-order valence-corrected chi connectivity index (χ0v) is 10.8. The summed E-state index contributed by atoms with van der Waals surface area (Å²) in [6.07, 6.45) is 0.947. The minimum absolute atomic E-state index is 0.129. The van der Waals surface area contributed by atoms with Crippen molar-refractivity contribution in [1.29, 1.82) is 0 Å². The van der Waals surface area contributed by atoms with Crippen molar-refractivity contribution in [2.45, 2.75) is 46.2 Å². The summed E-state index contributed by atoms with van der Waals surface area (Å²) in [5.74, 6) is 0.469. The van der Waals surface area contributed by atoms with Crippen LogP contribution in [0.25, 0.3) is 0 Å². The van der Waals surface area contributed by atoms with Gasteiger partial charge in [-0.1, -0.05) is 27.7 Å². The molecule has 4 heteroatoms. The van der Waals surface area contributed by atoms with Crippen molar-refractivity contribution >= 4 is 5.91 Å². The average Bonchev–Trinajstić information content (AvgIpc) is 2.60. The van der Waals surface area contributed by atoms with Gasteiger partial charge >= 0.3 is 0 Å². The highest BCUT2D eigenvalue weighted by molar-refractivity contribution is 5.82. The van der Waals surface area contributed by atoms with Gasteiger partial charge in [-0.05, 0) is 12.3 Å². The third-order valence-corrected chi connectivity index (χ3v) is 3.79. The summed E-state index contributed by atoms with van der Waals surface area (Å²) in [7, 11) is 0. The second-order valence-electron chi connectivity index (χ2n) is 5.69. The van der Waals surface area contributed by atoms with Crippen LogP contribution in [0.1, 0.15) is 34.1 Å². The van der Waals surface area contributed by atoms with E-state index in [0.29, 0.717) is 18.5 Å². The van der Waals surface area contributed by atoms with Crippen molar-refractivity contribution in [2.75, 3.05) is 13.1 Å². The Morgan fingerprint density at radius 1 is 1.56 bits per heavy atom. The Labute approximate surface area is 98.3 Å². The van der Waals surface area contributed by atoms with Gasteiger partial charge in [0.25, 0.3) is 0 Å². The number of hydrogen-bond donors (Lipinski definition) is 3. The predicted molar refractivity (Wildman–Crippen MR) is 66.0 cm³/mol. The Morgan fingerprint density at radius 2 is 2.19 bits per heavy atom. The molecule has 1 fully saturated rings. The summed E-state index contributed by atoms with van der Waals surface area (Å²) in [6.45, 7) is 9.66. The zero-order chi connectivity index (χ0) is 12.3. The van der Waals surface area contributed by atoms with Crippen LogP contribution in [-0.2, 0) is 4.79 Å². The molecular formula is C12H25N3O. The first-order chi connectivity index (χ1) is 7.34. The van der Waals surface area contributed by atoms with Gasteiger partial charge < -0.3 is 16.4 Å². The molecule has 1 aliphatic rings. The molecule has 0 aliphatic carbocycles. The van der Waals surface area contributed by atoms with E-state index in [2.05, 4.69) is 24.5 Å². The summed E-state index contributed by atoms with van der Waals surface area (Å²) in [6, 6.07) is 0.571. The summed E-state index contributed by atoms with van der Waals surface area (Å²) < 4.78 is 0. The molecule has 0 aromatic heterocycles. The molecule has 16 heavy (non-hydrogen) atoms. The van der Waals surface area contributed by atoms with E-state index in [-0.39, 0.29) is 17.4 Å². The van der Waals surface area contributed by atoms with Crippen molar-refractivity contribution in [2.24, 2.45) is 17.1 Å². The highest BCUT2D eigenvalue weighted by atomic mass is 16.2. The van der Waals surface area contributed by atoms with Gasteiger partial charge in [0.05, 0.1) is 0 Å². The van der Waals surface area contributed by atoms with Crippen molar-refractivity contribution in [1.82, 2.24) is 10.6 Å². The molecule has 0 aromatic carbocycles. The normalized spacial score (nSPS) is 26.1. The predicted octanol–water partition coefficient (Wildman–Crippen LogP) is 0.474. The maximum Gasteiger partial charge on any atom is 0.225 e. The maximum atomic E-state index is 12.0. The maximum absolute atomic E-state index is 12.0. The second-order valence-corrected chi connectivity index (χ2v) is 5.69. The van der Waals surface area contributed by atoms with Gasteiger partial charge in [0.1, 0.15) is 0 Å². The summed E-state index contributed by atoms with van der Waals surface area (Å²) in [5, 5.41) is 6.31. The van der Waals surface area contributed by atoms with E-state index < -0.39 is 0 Å². The molecule has 1 aliphatic heterocycles. The third-order valence-electron chi connectivity index (χ3n) is 3.79. The van der Waals surface area contributed by atoms with Gasteiger partial charge in [0.15, 0.2) is 0 Å². The Bertz CT molecular complexity index is 251. The SMILES string of the molecule is CC(C)C(C)(C)C(=O)NC[C@@H]1C[C@H](N)CN1. The van der Waals surface area contributed by atoms with Crippen molar-refractivity contribution in [3.63, 3.8) is 0 Å². The van der Waals surface area contributed by atoms with Crippen LogP contribution < -0.4 is 16.4 Å². The quantitative estimate of drug-likeness (QED) is 0.654. The van der Waals surface area contributed by atoms with Crippen molar-refractivity contribution in [3.8, 4) is 0 Å². The van der Waals surface area contributed by atoms with Crippen LogP contribution in [0.4, 0.5) is 0 Å². The fourth-order valence-electron chi connectivity index (χ4n) is 1.71. The van der Waals surface area contributed by atoms with Crippen molar-refractivity contribution < 1.29 is 4.79 Å². The standard InChI is InChI=1S/C12H25N3O/c1-8(2)12(3,4)11(16)15-7-10-5-9(13)6-14-10/h8-10,14H,5-7,13H2,1-4H3,(H,15,16)/t9-,10-/m0/s1. The topological polar surface area (TPSA) is 67.2 Å². The van der Waals surface area contributed by atoms with E-state index in [1.165, 1.54) is 0 Å². The van der Waals surface area contributed by atoms with Gasteiger partial charge in [-0.2, -0.15) is 0 Å². The van der Waals surface area contributed by atoms with Crippen LogP contribution in [0.2, 0.25) is 0 Å². The summed E-state index contributed by atoms with van der Waals surface area (Å²) >= 11 is 0. The first-order valence-electron chi connectivity index (χ1n) is 6.11. The molecule has 0 radical (unpaired) electrons. The van der Waals surface area contributed by atoms with Gasteiger partial charge in [0, 0.05) is 30.6 Å². The Hall–Kier alpha value is -0.610. The Kier molecular flexibility index (Phi) is 4.33.